The number of hydrogen-bond acceptors (Lipinski definition) is 1. The van der Waals surface area contributed by atoms with Crippen LogP contribution in [0.3, 0.4) is 0 Å². The third kappa shape index (κ3) is 12.0. The predicted molar refractivity (Wildman–Crippen MR) is 59.1 cm³/mol. The van der Waals surface area contributed by atoms with Gasteiger partial charge in [0.25, 0.3) is 0 Å². The van der Waals surface area contributed by atoms with Crippen molar-refractivity contribution in [1.82, 2.24) is 0 Å². The Morgan fingerprint density at radius 2 is 1.23 bits per heavy atom. The molecular formula is C12H26O. The highest BCUT2D eigenvalue weighted by Gasteiger charge is 1.95. The van der Waals surface area contributed by atoms with Crippen LogP contribution in [0.2, 0.25) is 0 Å². The minimum Gasteiger partial charge on any atom is -0.381 e. The lowest BCUT2D eigenvalue weighted by atomic mass is 10.2. The van der Waals surface area contributed by atoms with Crippen molar-refractivity contribution < 1.29 is 4.74 Å². The largest absolute Gasteiger partial charge is 0.381 e. The molecule has 1 heterocycles. The van der Waals surface area contributed by atoms with Crippen LogP contribution in [0.15, 0.2) is 0 Å². The molecule has 0 spiro atoms. The van der Waals surface area contributed by atoms with E-state index < -0.39 is 0 Å². The van der Waals surface area contributed by atoms with Crippen LogP contribution in [0.4, 0.5) is 0 Å². The van der Waals surface area contributed by atoms with Gasteiger partial charge in [-0.15, -0.1) is 0 Å². The maximum absolute atomic E-state index is 5.19. The zero-order chi connectivity index (χ0) is 9.78. The first-order chi connectivity index (χ1) is 6.41. The molecule has 0 amide bonds. The van der Waals surface area contributed by atoms with Crippen molar-refractivity contribution in [3.05, 3.63) is 0 Å². The first-order valence-electron chi connectivity index (χ1n) is 5.99. The number of unbranched alkanes of at least 4 members (excludes halogenated alkanes) is 3. The molecule has 1 nitrogen and oxygen atoms in total. The van der Waals surface area contributed by atoms with Gasteiger partial charge in [-0.2, -0.15) is 0 Å². The van der Waals surface area contributed by atoms with E-state index in [0.29, 0.717) is 0 Å². The van der Waals surface area contributed by atoms with Gasteiger partial charge in [0.05, 0.1) is 0 Å². The Morgan fingerprint density at radius 1 is 0.769 bits per heavy atom. The first kappa shape index (κ1) is 13.0. The zero-order valence-corrected chi connectivity index (χ0v) is 9.48. The summed E-state index contributed by atoms with van der Waals surface area (Å²) >= 11 is 0. The van der Waals surface area contributed by atoms with E-state index in [1.807, 2.05) is 0 Å². The molecule has 0 bridgehead atoms. The summed E-state index contributed by atoms with van der Waals surface area (Å²) in [4.78, 5) is 0. The van der Waals surface area contributed by atoms with Crippen molar-refractivity contribution in [2.75, 3.05) is 13.2 Å². The maximum atomic E-state index is 5.19. The van der Waals surface area contributed by atoms with Crippen LogP contribution >= 0.6 is 0 Å². The summed E-state index contributed by atoms with van der Waals surface area (Å²) in [6, 6.07) is 0. The van der Waals surface area contributed by atoms with Crippen LogP contribution in [0.25, 0.3) is 0 Å². The molecule has 0 radical (unpaired) electrons. The van der Waals surface area contributed by atoms with Crippen molar-refractivity contribution in [1.29, 1.82) is 0 Å². The SMILES string of the molecule is C1CCCOCC1.CCCCCC. The summed E-state index contributed by atoms with van der Waals surface area (Å²) in [5, 5.41) is 0. The Hall–Kier alpha value is -0.0400. The van der Waals surface area contributed by atoms with Gasteiger partial charge in [-0.25, -0.2) is 0 Å². The van der Waals surface area contributed by atoms with Gasteiger partial charge in [0.1, 0.15) is 0 Å². The van der Waals surface area contributed by atoms with E-state index in [0.717, 1.165) is 13.2 Å². The predicted octanol–water partition coefficient (Wildman–Crippen LogP) is 4.16. The summed E-state index contributed by atoms with van der Waals surface area (Å²) < 4.78 is 5.19. The Balaban J connectivity index is 0.000000226. The Kier molecular flexibility index (Phi) is 11.9. The Labute approximate surface area is 83.9 Å². The average molecular weight is 186 g/mol. The van der Waals surface area contributed by atoms with Crippen LogP contribution in [0, 0.1) is 0 Å². The van der Waals surface area contributed by atoms with Crippen molar-refractivity contribution in [3.8, 4) is 0 Å². The summed E-state index contributed by atoms with van der Waals surface area (Å²) in [5.74, 6) is 0. The maximum Gasteiger partial charge on any atom is 0.0466 e. The number of hydrogen-bond donors (Lipinski definition) is 0. The van der Waals surface area contributed by atoms with E-state index in [2.05, 4.69) is 13.8 Å². The van der Waals surface area contributed by atoms with Gasteiger partial charge in [-0.1, -0.05) is 52.4 Å². The quantitative estimate of drug-likeness (QED) is 0.601. The molecule has 0 atom stereocenters. The van der Waals surface area contributed by atoms with Crippen LogP contribution < -0.4 is 0 Å². The molecule has 1 saturated heterocycles. The Bertz CT molecular complexity index is 57.5. The molecule has 0 unspecified atom stereocenters. The standard InChI is InChI=1S/C6H12O.C6H14/c1-2-4-6-7-5-3-1;1-3-5-6-4-2/h1-6H2;3-6H2,1-2H3. The van der Waals surface area contributed by atoms with Gasteiger partial charge in [0, 0.05) is 13.2 Å². The smallest absolute Gasteiger partial charge is 0.0466 e. The summed E-state index contributed by atoms with van der Waals surface area (Å²) in [6.45, 7) is 6.46. The van der Waals surface area contributed by atoms with Crippen molar-refractivity contribution in [2.24, 2.45) is 0 Å². The second-order valence-electron chi connectivity index (χ2n) is 3.73. The third-order valence-corrected chi connectivity index (χ3v) is 2.28. The molecule has 0 aliphatic carbocycles. The van der Waals surface area contributed by atoms with Crippen LogP contribution in [0.5, 0.6) is 0 Å². The molecule has 1 aliphatic heterocycles. The van der Waals surface area contributed by atoms with Gasteiger partial charge in [-0.05, 0) is 12.8 Å². The molecule has 1 fully saturated rings. The molecular weight excluding hydrogens is 160 g/mol. The van der Waals surface area contributed by atoms with Crippen LogP contribution in [0.1, 0.15) is 65.2 Å². The summed E-state index contributed by atoms with van der Waals surface area (Å²) in [7, 11) is 0. The average Bonchev–Trinajstić information content (AvgIpc) is 2.47. The van der Waals surface area contributed by atoms with Crippen molar-refractivity contribution in [2.45, 2.75) is 65.2 Å². The van der Waals surface area contributed by atoms with E-state index in [4.69, 9.17) is 4.74 Å². The number of rotatable bonds is 3. The zero-order valence-electron chi connectivity index (χ0n) is 9.48. The van der Waals surface area contributed by atoms with E-state index in [-0.39, 0.29) is 0 Å². The van der Waals surface area contributed by atoms with E-state index >= 15 is 0 Å². The Morgan fingerprint density at radius 3 is 1.62 bits per heavy atom. The van der Waals surface area contributed by atoms with E-state index in [1.165, 1.54) is 51.4 Å². The van der Waals surface area contributed by atoms with Gasteiger partial charge in [-0.3, -0.25) is 0 Å². The van der Waals surface area contributed by atoms with Gasteiger partial charge >= 0.3 is 0 Å². The second kappa shape index (κ2) is 12.0. The third-order valence-electron chi connectivity index (χ3n) is 2.28. The van der Waals surface area contributed by atoms with Gasteiger partial charge < -0.3 is 4.74 Å². The van der Waals surface area contributed by atoms with Crippen molar-refractivity contribution in [3.63, 3.8) is 0 Å². The van der Waals surface area contributed by atoms with Crippen LogP contribution in [-0.2, 0) is 4.74 Å². The van der Waals surface area contributed by atoms with Crippen LogP contribution in [-0.4, -0.2) is 13.2 Å². The fourth-order valence-corrected chi connectivity index (χ4v) is 1.36. The number of ether oxygens (including phenoxy) is 1. The van der Waals surface area contributed by atoms with Gasteiger partial charge in [0.2, 0.25) is 0 Å². The molecule has 1 rings (SSSR count). The molecule has 1 heteroatoms. The lowest BCUT2D eigenvalue weighted by molar-refractivity contribution is 0.144. The molecule has 0 saturated carbocycles. The van der Waals surface area contributed by atoms with E-state index in [1.54, 1.807) is 0 Å². The molecule has 0 N–H and O–H groups in total. The molecule has 0 aromatic rings. The molecule has 0 aromatic heterocycles. The minimum atomic E-state index is 1.00. The highest BCUT2D eigenvalue weighted by atomic mass is 16.5. The first-order valence-corrected chi connectivity index (χ1v) is 5.99. The highest BCUT2D eigenvalue weighted by molar-refractivity contribution is 4.46. The molecule has 0 aromatic carbocycles. The molecule has 1 aliphatic rings. The topological polar surface area (TPSA) is 9.23 Å². The monoisotopic (exact) mass is 186 g/mol. The van der Waals surface area contributed by atoms with E-state index in [9.17, 15) is 0 Å². The summed E-state index contributed by atoms with van der Waals surface area (Å²) in [5.41, 5.74) is 0. The molecule has 13 heavy (non-hydrogen) atoms. The highest BCUT2D eigenvalue weighted by Crippen LogP contribution is 2.04. The fourth-order valence-electron chi connectivity index (χ4n) is 1.36. The lowest BCUT2D eigenvalue weighted by Crippen LogP contribution is -1.89. The second-order valence-corrected chi connectivity index (χ2v) is 3.73. The normalized spacial score (nSPS) is 17.1. The van der Waals surface area contributed by atoms with Crippen molar-refractivity contribution >= 4 is 0 Å². The summed E-state index contributed by atoms with van der Waals surface area (Å²) in [6.07, 6.45) is 10.8. The van der Waals surface area contributed by atoms with Gasteiger partial charge in [0.15, 0.2) is 0 Å². The fraction of sp³-hybridized carbons (Fsp3) is 1.00. The minimum absolute atomic E-state index is 1.00. The lowest BCUT2D eigenvalue weighted by Gasteiger charge is -1.91. The molecule has 80 valence electrons.